The van der Waals surface area contributed by atoms with Gasteiger partial charge in [0, 0.05) is 10.7 Å². The van der Waals surface area contributed by atoms with Crippen LogP contribution in [-0.4, -0.2) is 60.9 Å². The first-order chi connectivity index (χ1) is 14.3. The van der Waals surface area contributed by atoms with Crippen LogP contribution in [0.1, 0.15) is 20.1 Å². The van der Waals surface area contributed by atoms with Crippen molar-refractivity contribution in [2.24, 2.45) is 5.11 Å². The molecular weight excluding hydrogens is 419 g/mol. The van der Waals surface area contributed by atoms with Crippen LogP contribution in [0.2, 0.25) is 0 Å². The molecule has 0 aromatic carbocycles. The molecule has 0 bridgehead atoms. The molecule has 2 aromatic rings. The predicted molar refractivity (Wildman–Crippen MR) is 104 cm³/mol. The number of imidazole rings is 1. The van der Waals surface area contributed by atoms with Gasteiger partial charge in [-0.3, -0.25) is 9.13 Å². The summed E-state index contributed by atoms with van der Waals surface area (Å²) in [5.41, 5.74) is 13.2. The van der Waals surface area contributed by atoms with Gasteiger partial charge in [-0.05, 0) is 25.5 Å². The first kappa shape index (κ1) is 22.1. The maximum Gasteiger partial charge on any atom is 0.353 e. The maximum absolute atomic E-state index is 12.7. The molecule has 0 radical (unpaired) electrons. The van der Waals surface area contributed by atoms with Gasteiger partial charge < -0.3 is 29.7 Å². The molecule has 4 N–H and O–H groups in total. The molecule has 1 fully saturated rings. The van der Waals surface area contributed by atoms with Gasteiger partial charge in [-0.25, -0.2) is 15.0 Å². The van der Waals surface area contributed by atoms with E-state index in [1.165, 1.54) is 17.2 Å². The third-order valence-corrected chi connectivity index (χ3v) is 6.08. The van der Waals surface area contributed by atoms with Crippen LogP contribution in [-0.2, 0) is 18.3 Å². The highest BCUT2D eigenvalue weighted by atomic mass is 31.2. The summed E-state index contributed by atoms with van der Waals surface area (Å²) in [6.45, 7) is 3.43. The molecule has 0 amide bonds. The summed E-state index contributed by atoms with van der Waals surface area (Å²) in [6, 6.07) is 0. The van der Waals surface area contributed by atoms with Gasteiger partial charge in [0.2, 0.25) is 0 Å². The van der Waals surface area contributed by atoms with Gasteiger partial charge in [0.05, 0.1) is 19.5 Å². The van der Waals surface area contributed by atoms with Crippen LogP contribution in [0.3, 0.4) is 0 Å². The minimum Gasteiger partial charge on any atom is -0.387 e. The van der Waals surface area contributed by atoms with E-state index >= 15 is 0 Å². The lowest BCUT2D eigenvalue weighted by molar-refractivity contribution is -0.0695. The van der Waals surface area contributed by atoms with E-state index in [0.717, 1.165) is 11.9 Å². The highest BCUT2D eigenvalue weighted by molar-refractivity contribution is 7.57. The number of hydrogen-bond donors (Lipinski definition) is 3. The number of azide groups is 1. The van der Waals surface area contributed by atoms with Crippen molar-refractivity contribution in [3.05, 3.63) is 35.0 Å². The van der Waals surface area contributed by atoms with Gasteiger partial charge in [0.15, 0.2) is 23.4 Å². The van der Waals surface area contributed by atoms with Crippen molar-refractivity contribution in [1.29, 1.82) is 0 Å². The van der Waals surface area contributed by atoms with Crippen molar-refractivity contribution >= 4 is 24.6 Å². The summed E-state index contributed by atoms with van der Waals surface area (Å²) < 4.78 is 30.1. The lowest BCUT2D eigenvalue weighted by Gasteiger charge is -2.23. The van der Waals surface area contributed by atoms with Crippen LogP contribution in [0.4, 0.5) is 5.82 Å². The quantitative estimate of drug-likeness (QED) is 0.233. The summed E-state index contributed by atoms with van der Waals surface area (Å²) in [6.07, 6.45) is -0.996. The topological polar surface area (TPSA) is 204 Å². The molecule has 1 aliphatic heterocycles. The molecule has 0 saturated carbocycles. The van der Waals surface area contributed by atoms with Gasteiger partial charge in [-0.1, -0.05) is 5.11 Å². The molecule has 1 aliphatic rings. The highest BCUT2D eigenvalue weighted by Crippen LogP contribution is 2.51. The standard InChI is InChI=1S/C15H21N8O6P/c1-3-27-30(26,28-4-2)6-5-15(21-22-17)11(25)10(24)14(29-15)23-8-20-9-12(16)18-7-19-13(9)23/h5-8,10-11,14,24-25H,3-4H2,1-2H3,(H2,16,18,19)/b6-5+/t10-,11+,14-,15?/m1/s1. The number of aliphatic hydroxyl groups is 2. The number of nitrogens with zero attached hydrogens (tertiary/aromatic N) is 7. The van der Waals surface area contributed by atoms with E-state index in [0.29, 0.717) is 0 Å². The minimum absolute atomic E-state index is 0.0902. The Morgan fingerprint density at radius 1 is 1.40 bits per heavy atom. The third kappa shape index (κ3) is 3.89. The number of aliphatic hydroxyl groups excluding tert-OH is 2. The molecule has 0 spiro atoms. The zero-order chi connectivity index (χ0) is 21.9. The number of nitrogens with two attached hydrogens (primary N) is 1. The predicted octanol–water partition coefficient (Wildman–Crippen LogP) is 1.45. The van der Waals surface area contributed by atoms with E-state index in [4.69, 9.17) is 25.0 Å². The van der Waals surface area contributed by atoms with Gasteiger partial charge >= 0.3 is 7.60 Å². The number of anilines is 1. The van der Waals surface area contributed by atoms with Crippen LogP contribution >= 0.6 is 7.60 Å². The van der Waals surface area contributed by atoms with E-state index in [9.17, 15) is 14.8 Å². The van der Waals surface area contributed by atoms with Crippen molar-refractivity contribution in [2.45, 2.75) is 38.0 Å². The van der Waals surface area contributed by atoms with Crippen molar-refractivity contribution < 1.29 is 28.6 Å². The average Bonchev–Trinajstić information content (AvgIpc) is 3.24. The summed E-state index contributed by atoms with van der Waals surface area (Å²) in [4.78, 5) is 14.7. The van der Waals surface area contributed by atoms with E-state index in [-0.39, 0.29) is 30.2 Å². The lowest BCUT2D eigenvalue weighted by atomic mass is 10.1. The Morgan fingerprint density at radius 2 is 2.10 bits per heavy atom. The van der Waals surface area contributed by atoms with E-state index < -0.39 is 31.8 Å². The number of aromatic nitrogens is 4. The van der Waals surface area contributed by atoms with E-state index in [1.807, 2.05) is 0 Å². The van der Waals surface area contributed by atoms with Crippen LogP contribution in [0.25, 0.3) is 21.6 Å². The normalized spacial score (nSPS) is 27.0. The number of rotatable bonds is 8. The first-order valence-corrected chi connectivity index (χ1v) is 10.5. The third-order valence-electron chi connectivity index (χ3n) is 4.33. The minimum atomic E-state index is -3.70. The van der Waals surface area contributed by atoms with Crippen LogP contribution in [0, 0.1) is 0 Å². The number of hydrogen-bond acceptors (Lipinski definition) is 11. The van der Waals surface area contributed by atoms with Crippen LogP contribution < -0.4 is 5.73 Å². The SMILES string of the molecule is CCOP(=O)(/C=C/C1(N=[N+]=[N-])O[C@@H](n2cnc3c(N)ncnc32)[C@H](O)[C@@H]1O)OCC. The summed E-state index contributed by atoms with van der Waals surface area (Å²) in [5, 5.41) is 24.8. The Balaban J connectivity index is 2.02. The number of nitrogen functional groups attached to an aromatic ring is 1. The second-order valence-corrected chi connectivity index (χ2v) is 8.05. The molecule has 1 saturated heterocycles. The molecule has 3 heterocycles. The Hall–Kier alpha value is -2.57. The summed E-state index contributed by atoms with van der Waals surface area (Å²) >= 11 is 0. The molecule has 14 nitrogen and oxygen atoms in total. The maximum atomic E-state index is 12.7. The number of ether oxygens (including phenoxy) is 1. The summed E-state index contributed by atoms with van der Waals surface area (Å²) in [7, 11) is -3.70. The average molecular weight is 440 g/mol. The van der Waals surface area contributed by atoms with Crippen molar-refractivity contribution in [1.82, 2.24) is 19.5 Å². The zero-order valence-electron chi connectivity index (χ0n) is 16.1. The summed E-state index contributed by atoms with van der Waals surface area (Å²) in [5.74, 6) is 1.14. The highest BCUT2D eigenvalue weighted by Gasteiger charge is 2.54. The lowest BCUT2D eigenvalue weighted by Crippen LogP contribution is -2.39. The molecule has 3 rings (SSSR count). The second-order valence-electron chi connectivity index (χ2n) is 6.16. The Morgan fingerprint density at radius 3 is 2.73 bits per heavy atom. The van der Waals surface area contributed by atoms with Crippen LogP contribution in [0.5, 0.6) is 0 Å². The fourth-order valence-electron chi connectivity index (χ4n) is 3.02. The van der Waals surface area contributed by atoms with Crippen LogP contribution in [0.15, 0.2) is 29.7 Å². The van der Waals surface area contributed by atoms with Gasteiger partial charge in [0.1, 0.15) is 24.1 Å². The fraction of sp³-hybridized carbons (Fsp3) is 0.533. The smallest absolute Gasteiger partial charge is 0.353 e. The fourth-order valence-corrected chi connectivity index (χ4v) is 4.38. The Bertz CT molecular complexity index is 1030. The van der Waals surface area contributed by atoms with E-state index in [2.05, 4.69) is 25.0 Å². The first-order valence-electron chi connectivity index (χ1n) is 8.93. The van der Waals surface area contributed by atoms with Gasteiger partial charge in [0.25, 0.3) is 0 Å². The van der Waals surface area contributed by atoms with Crippen molar-refractivity contribution in [2.75, 3.05) is 18.9 Å². The van der Waals surface area contributed by atoms with Gasteiger partial charge in [-0.15, -0.1) is 0 Å². The second kappa shape index (κ2) is 8.66. The number of fused-ring (bicyclic) bond motifs is 1. The van der Waals surface area contributed by atoms with E-state index in [1.54, 1.807) is 13.8 Å². The Labute approximate surface area is 170 Å². The molecule has 0 aliphatic carbocycles. The monoisotopic (exact) mass is 440 g/mol. The molecule has 30 heavy (non-hydrogen) atoms. The molecule has 1 unspecified atom stereocenters. The Kier molecular flexibility index (Phi) is 6.38. The van der Waals surface area contributed by atoms with Crippen molar-refractivity contribution in [3.8, 4) is 0 Å². The molecule has 4 atom stereocenters. The van der Waals surface area contributed by atoms with Gasteiger partial charge in [-0.2, -0.15) is 0 Å². The molecular formula is C15H21N8O6P. The molecule has 2 aromatic heterocycles. The molecule has 15 heteroatoms. The van der Waals surface area contributed by atoms with Crippen molar-refractivity contribution in [3.63, 3.8) is 0 Å². The zero-order valence-corrected chi connectivity index (χ0v) is 17.0. The largest absolute Gasteiger partial charge is 0.387 e. The molecule has 162 valence electrons.